The summed E-state index contributed by atoms with van der Waals surface area (Å²) in [5.41, 5.74) is 0. The summed E-state index contributed by atoms with van der Waals surface area (Å²) in [7, 11) is 0.262. The maximum atomic E-state index is 12.4. The first-order valence-electron chi connectivity index (χ1n) is 6.78. The van der Waals surface area contributed by atoms with Crippen LogP contribution in [0.1, 0.15) is 23.4 Å². The number of piperidine rings is 1. The van der Waals surface area contributed by atoms with Crippen molar-refractivity contribution >= 4 is 16.0 Å². The van der Waals surface area contributed by atoms with Crippen LogP contribution in [-0.4, -0.2) is 62.4 Å². The van der Waals surface area contributed by atoms with Crippen molar-refractivity contribution < 1.29 is 22.7 Å². The molecule has 1 aromatic rings. The second-order valence-electron chi connectivity index (χ2n) is 5.53. The van der Waals surface area contributed by atoms with E-state index in [0.717, 1.165) is 25.5 Å². The van der Waals surface area contributed by atoms with E-state index in [1.807, 2.05) is 14.1 Å². The first kappa shape index (κ1) is 16.0. The SMILES string of the molecule is CN(C)CC1CCN(S(=O)(=O)c2ccc(C(=O)O)o2)CC1. The summed E-state index contributed by atoms with van der Waals surface area (Å²) < 4.78 is 31.0. The van der Waals surface area contributed by atoms with Gasteiger partial charge in [-0.15, -0.1) is 0 Å². The molecule has 0 spiro atoms. The van der Waals surface area contributed by atoms with E-state index in [0.29, 0.717) is 19.0 Å². The molecule has 2 rings (SSSR count). The Morgan fingerprint density at radius 1 is 1.38 bits per heavy atom. The van der Waals surface area contributed by atoms with Crippen LogP contribution in [-0.2, 0) is 10.0 Å². The fraction of sp³-hybridized carbons (Fsp3) is 0.615. The van der Waals surface area contributed by atoms with Crippen molar-refractivity contribution in [1.29, 1.82) is 0 Å². The van der Waals surface area contributed by atoms with E-state index in [-0.39, 0.29) is 10.9 Å². The Morgan fingerprint density at radius 3 is 2.48 bits per heavy atom. The number of carbonyl (C=O) groups is 1. The summed E-state index contributed by atoms with van der Waals surface area (Å²) in [6.07, 6.45) is 1.59. The Kier molecular flexibility index (Phi) is 4.70. The minimum absolute atomic E-state index is 0.300. The lowest BCUT2D eigenvalue weighted by Crippen LogP contribution is -2.40. The third-order valence-electron chi connectivity index (χ3n) is 3.58. The zero-order valence-corrected chi connectivity index (χ0v) is 13.0. The van der Waals surface area contributed by atoms with Crippen LogP contribution < -0.4 is 0 Å². The second kappa shape index (κ2) is 6.17. The van der Waals surface area contributed by atoms with Crippen LogP contribution in [0.15, 0.2) is 21.6 Å². The number of aromatic carboxylic acids is 1. The Morgan fingerprint density at radius 2 is 2.00 bits per heavy atom. The molecule has 1 aliphatic heterocycles. The molecule has 0 unspecified atom stereocenters. The largest absolute Gasteiger partial charge is 0.475 e. The van der Waals surface area contributed by atoms with Crippen LogP contribution in [0.5, 0.6) is 0 Å². The van der Waals surface area contributed by atoms with Crippen molar-refractivity contribution in [2.24, 2.45) is 5.92 Å². The van der Waals surface area contributed by atoms with Gasteiger partial charge in [0.15, 0.2) is 0 Å². The fourth-order valence-electron chi connectivity index (χ4n) is 2.55. The van der Waals surface area contributed by atoms with E-state index >= 15 is 0 Å². The van der Waals surface area contributed by atoms with Gasteiger partial charge in [-0.05, 0) is 45.0 Å². The van der Waals surface area contributed by atoms with Crippen LogP contribution in [0.2, 0.25) is 0 Å². The van der Waals surface area contributed by atoms with Gasteiger partial charge >= 0.3 is 5.97 Å². The lowest BCUT2D eigenvalue weighted by Gasteiger charge is -2.31. The minimum Gasteiger partial charge on any atom is -0.475 e. The molecule has 1 aliphatic rings. The van der Waals surface area contributed by atoms with Gasteiger partial charge in [0, 0.05) is 19.6 Å². The molecule has 0 saturated carbocycles. The van der Waals surface area contributed by atoms with Gasteiger partial charge in [-0.1, -0.05) is 0 Å². The van der Waals surface area contributed by atoms with E-state index < -0.39 is 16.0 Å². The lowest BCUT2D eigenvalue weighted by molar-refractivity contribution is 0.0656. The summed E-state index contributed by atoms with van der Waals surface area (Å²) >= 11 is 0. The molecule has 0 aromatic carbocycles. The molecule has 0 radical (unpaired) electrons. The highest BCUT2D eigenvalue weighted by molar-refractivity contribution is 7.89. The molecule has 7 nitrogen and oxygen atoms in total. The molecule has 0 atom stereocenters. The maximum Gasteiger partial charge on any atom is 0.371 e. The van der Waals surface area contributed by atoms with Crippen molar-refractivity contribution in [3.05, 3.63) is 17.9 Å². The Hall–Kier alpha value is -1.38. The highest BCUT2D eigenvalue weighted by Gasteiger charge is 2.32. The smallest absolute Gasteiger partial charge is 0.371 e. The topological polar surface area (TPSA) is 91.1 Å². The first-order valence-corrected chi connectivity index (χ1v) is 8.22. The van der Waals surface area contributed by atoms with Crippen molar-refractivity contribution in [1.82, 2.24) is 9.21 Å². The third-order valence-corrected chi connectivity index (χ3v) is 5.36. The van der Waals surface area contributed by atoms with Crippen LogP contribution >= 0.6 is 0 Å². The Bertz CT molecular complexity index is 600. The Labute approximate surface area is 124 Å². The van der Waals surface area contributed by atoms with Crippen LogP contribution in [0.3, 0.4) is 0 Å². The number of carboxylic acid groups (broad SMARTS) is 1. The standard InChI is InChI=1S/C13H20N2O5S/c1-14(2)9-10-5-7-15(8-6-10)21(18,19)12-4-3-11(20-12)13(16)17/h3-4,10H,5-9H2,1-2H3,(H,16,17). The van der Waals surface area contributed by atoms with Gasteiger partial charge in [0.1, 0.15) is 0 Å². The zero-order valence-electron chi connectivity index (χ0n) is 12.2. The summed E-state index contributed by atoms with van der Waals surface area (Å²) in [5, 5.41) is 8.49. The van der Waals surface area contributed by atoms with Gasteiger partial charge < -0.3 is 14.4 Å². The van der Waals surface area contributed by atoms with E-state index in [1.165, 1.54) is 10.4 Å². The van der Waals surface area contributed by atoms with Crippen molar-refractivity contribution in [2.45, 2.75) is 17.9 Å². The quantitative estimate of drug-likeness (QED) is 0.869. The number of furan rings is 1. The second-order valence-corrected chi connectivity index (χ2v) is 7.40. The molecule has 0 bridgehead atoms. The van der Waals surface area contributed by atoms with Crippen molar-refractivity contribution in [2.75, 3.05) is 33.7 Å². The molecular formula is C13H20N2O5S. The Balaban J connectivity index is 2.05. The van der Waals surface area contributed by atoms with Crippen LogP contribution in [0.4, 0.5) is 0 Å². The molecular weight excluding hydrogens is 296 g/mol. The molecule has 1 aromatic heterocycles. The van der Waals surface area contributed by atoms with Gasteiger partial charge in [-0.3, -0.25) is 0 Å². The normalized spacial score (nSPS) is 18.2. The number of rotatable bonds is 5. The molecule has 2 heterocycles. The number of hydrogen-bond acceptors (Lipinski definition) is 5. The predicted molar refractivity (Wildman–Crippen MR) is 75.7 cm³/mol. The number of carboxylic acids is 1. The average molecular weight is 316 g/mol. The van der Waals surface area contributed by atoms with Crippen LogP contribution in [0.25, 0.3) is 0 Å². The van der Waals surface area contributed by atoms with Gasteiger partial charge in [-0.25, -0.2) is 13.2 Å². The van der Waals surface area contributed by atoms with Gasteiger partial charge in [0.05, 0.1) is 0 Å². The number of hydrogen-bond donors (Lipinski definition) is 1. The third kappa shape index (κ3) is 3.63. The minimum atomic E-state index is -3.74. The highest BCUT2D eigenvalue weighted by Crippen LogP contribution is 2.25. The summed E-state index contributed by atoms with van der Waals surface area (Å²) in [6.45, 7) is 1.81. The molecule has 0 amide bonds. The van der Waals surface area contributed by atoms with E-state index in [9.17, 15) is 13.2 Å². The summed E-state index contributed by atoms with van der Waals surface area (Å²) in [5.74, 6) is -1.16. The van der Waals surface area contributed by atoms with E-state index in [1.54, 1.807) is 0 Å². The highest BCUT2D eigenvalue weighted by atomic mass is 32.2. The molecule has 1 N–H and O–H groups in total. The number of sulfonamides is 1. The molecule has 21 heavy (non-hydrogen) atoms. The van der Waals surface area contributed by atoms with Crippen LogP contribution in [0, 0.1) is 5.92 Å². The van der Waals surface area contributed by atoms with Gasteiger partial charge in [0.2, 0.25) is 10.9 Å². The summed E-state index contributed by atoms with van der Waals surface area (Å²) in [4.78, 5) is 12.9. The van der Waals surface area contributed by atoms with Crippen molar-refractivity contribution in [3.63, 3.8) is 0 Å². The fourth-order valence-corrected chi connectivity index (χ4v) is 3.93. The monoisotopic (exact) mass is 316 g/mol. The van der Waals surface area contributed by atoms with Crippen molar-refractivity contribution in [3.8, 4) is 0 Å². The maximum absolute atomic E-state index is 12.4. The molecule has 1 fully saturated rings. The van der Waals surface area contributed by atoms with Gasteiger partial charge in [-0.2, -0.15) is 4.31 Å². The lowest BCUT2D eigenvalue weighted by atomic mass is 9.98. The molecule has 8 heteroatoms. The summed E-state index contributed by atoms with van der Waals surface area (Å²) in [6, 6.07) is 2.36. The molecule has 118 valence electrons. The average Bonchev–Trinajstić information content (AvgIpc) is 2.89. The van der Waals surface area contributed by atoms with Gasteiger partial charge in [0.25, 0.3) is 10.0 Å². The molecule has 1 saturated heterocycles. The zero-order chi connectivity index (χ0) is 15.6. The predicted octanol–water partition coefficient (Wildman–Crippen LogP) is 0.940. The van der Waals surface area contributed by atoms with E-state index in [2.05, 4.69) is 4.90 Å². The molecule has 0 aliphatic carbocycles. The van der Waals surface area contributed by atoms with E-state index in [4.69, 9.17) is 9.52 Å². The number of nitrogens with zero attached hydrogens (tertiary/aromatic N) is 2. The first-order chi connectivity index (χ1) is 9.80.